The van der Waals surface area contributed by atoms with Gasteiger partial charge in [-0.3, -0.25) is 9.59 Å². The maximum absolute atomic E-state index is 13.0. The first kappa shape index (κ1) is 25.8. The topological polar surface area (TPSA) is 67.2 Å². The lowest BCUT2D eigenvalue weighted by Gasteiger charge is -2.22. The van der Waals surface area contributed by atoms with Crippen LogP contribution in [0.5, 0.6) is 0 Å². The van der Waals surface area contributed by atoms with Crippen LogP contribution >= 0.6 is 23.2 Å². The molecule has 8 heteroatoms. The van der Waals surface area contributed by atoms with Crippen LogP contribution in [0.2, 0.25) is 10.0 Å². The second-order valence-corrected chi connectivity index (χ2v) is 10.0. The second-order valence-electron chi connectivity index (χ2n) is 9.20. The minimum atomic E-state index is -0.295. The summed E-state index contributed by atoms with van der Waals surface area (Å²) in [6.07, 6.45) is 1.01. The van der Waals surface area contributed by atoms with E-state index in [4.69, 9.17) is 28.3 Å². The largest absolute Gasteiger partial charge is 0.333 e. The van der Waals surface area contributed by atoms with Crippen molar-refractivity contribution in [2.75, 3.05) is 18.4 Å². The standard InChI is InChI=1S/C26H30Cl2N4O2/c1-5-13-31(25(34)14-18-9-7-6-8-10-18)17-24(33)29-23-16-22(26(2,3)4)30-32(23)19-11-12-20(27)21(28)15-19/h6-12,15-16H,5,13-14,17H2,1-4H3,(H,29,33). The Balaban J connectivity index is 1.82. The molecule has 34 heavy (non-hydrogen) atoms. The third-order valence-electron chi connectivity index (χ3n) is 5.27. The first-order valence-corrected chi connectivity index (χ1v) is 12.0. The Kier molecular flexibility index (Phi) is 8.39. The Morgan fingerprint density at radius 2 is 1.74 bits per heavy atom. The first-order valence-electron chi connectivity index (χ1n) is 11.3. The maximum atomic E-state index is 13.0. The third-order valence-corrected chi connectivity index (χ3v) is 6.01. The van der Waals surface area contributed by atoms with Gasteiger partial charge in [0.15, 0.2) is 0 Å². The quantitative estimate of drug-likeness (QED) is 0.418. The van der Waals surface area contributed by atoms with Crippen LogP contribution in [-0.2, 0) is 21.4 Å². The predicted molar refractivity (Wildman–Crippen MR) is 138 cm³/mol. The van der Waals surface area contributed by atoms with Gasteiger partial charge >= 0.3 is 0 Å². The summed E-state index contributed by atoms with van der Waals surface area (Å²) in [6.45, 7) is 8.58. The zero-order valence-electron chi connectivity index (χ0n) is 19.9. The van der Waals surface area contributed by atoms with E-state index in [9.17, 15) is 9.59 Å². The fraction of sp³-hybridized carbons (Fsp3) is 0.346. The van der Waals surface area contributed by atoms with Crippen LogP contribution in [-0.4, -0.2) is 39.6 Å². The number of halogens is 2. The molecule has 0 aliphatic carbocycles. The average molecular weight is 501 g/mol. The molecular formula is C26H30Cl2N4O2. The van der Waals surface area contributed by atoms with E-state index >= 15 is 0 Å². The highest BCUT2D eigenvalue weighted by atomic mass is 35.5. The molecule has 0 spiro atoms. The van der Waals surface area contributed by atoms with Gasteiger partial charge in [0.25, 0.3) is 0 Å². The van der Waals surface area contributed by atoms with Crippen molar-refractivity contribution in [1.29, 1.82) is 0 Å². The fourth-order valence-electron chi connectivity index (χ4n) is 3.45. The van der Waals surface area contributed by atoms with Crippen molar-refractivity contribution in [3.8, 4) is 5.69 Å². The molecule has 1 heterocycles. The molecule has 2 amide bonds. The Hall–Kier alpha value is -2.83. The van der Waals surface area contributed by atoms with E-state index in [2.05, 4.69) is 5.32 Å². The Morgan fingerprint density at radius 3 is 2.35 bits per heavy atom. The second kappa shape index (κ2) is 11.1. The number of nitrogens with one attached hydrogen (secondary N) is 1. The molecule has 1 N–H and O–H groups in total. The molecule has 0 saturated carbocycles. The molecule has 6 nitrogen and oxygen atoms in total. The van der Waals surface area contributed by atoms with Crippen LogP contribution in [0.15, 0.2) is 54.6 Å². The normalized spacial score (nSPS) is 11.4. The van der Waals surface area contributed by atoms with Crippen molar-refractivity contribution >= 4 is 40.8 Å². The summed E-state index contributed by atoms with van der Waals surface area (Å²) in [4.78, 5) is 27.5. The van der Waals surface area contributed by atoms with E-state index in [-0.39, 0.29) is 30.2 Å². The van der Waals surface area contributed by atoms with E-state index in [0.29, 0.717) is 28.1 Å². The highest BCUT2D eigenvalue weighted by molar-refractivity contribution is 6.42. The van der Waals surface area contributed by atoms with Crippen LogP contribution in [0.1, 0.15) is 45.4 Å². The van der Waals surface area contributed by atoms with Gasteiger partial charge in [0.2, 0.25) is 11.8 Å². The number of amides is 2. The summed E-state index contributed by atoms with van der Waals surface area (Å²) >= 11 is 12.3. The molecule has 0 fully saturated rings. The molecule has 2 aromatic carbocycles. The number of rotatable bonds is 8. The van der Waals surface area contributed by atoms with Crippen molar-refractivity contribution < 1.29 is 9.59 Å². The van der Waals surface area contributed by atoms with Crippen LogP contribution in [0.25, 0.3) is 5.69 Å². The summed E-state index contributed by atoms with van der Waals surface area (Å²) in [7, 11) is 0. The lowest BCUT2D eigenvalue weighted by Crippen LogP contribution is -2.39. The number of benzene rings is 2. The molecule has 0 aliphatic rings. The molecule has 0 saturated heterocycles. The first-order chi connectivity index (χ1) is 16.1. The molecular weight excluding hydrogens is 471 g/mol. The summed E-state index contributed by atoms with van der Waals surface area (Å²) in [5.41, 5.74) is 2.16. The highest BCUT2D eigenvalue weighted by Crippen LogP contribution is 2.29. The van der Waals surface area contributed by atoms with Gasteiger partial charge in [-0.25, -0.2) is 4.68 Å². The minimum absolute atomic E-state index is 0.0447. The molecule has 180 valence electrons. The molecule has 0 radical (unpaired) electrons. The summed E-state index contributed by atoms with van der Waals surface area (Å²) < 4.78 is 1.64. The highest BCUT2D eigenvalue weighted by Gasteiger charge is 2.23. The number of nitrogens with zero attached hydrogens (tertiary/aromatic N) is 3. The Morgan fingerprint density at radius 1 is 1.03 bits per heavy atom. The number of carbonyl (C=O) groups is 2. The van der Waals surface area contributed by atoms with Crippen molar-refractivity contribution in [2.24, 2.45) is 0 Å². The molecule has 0 atom stereocenters. The molecule has 0 aliphatic heterocycles. The molecule has 1 aromatic heterocycles. The van der Waals surface area contributed by atoms with Crippen molar-refractivity contribution in [2.45, 2.75) is 46.0 Å². The van der Waals surface area contributed by atoms with Crippen molar-refractivity contribution in [3.05, 3.63) is 75.9 Å². The summed E-state index contributed by atoms with van der Waals surface area (Å²) in [5, 5.41) is 8.47. The van der Waals surface area contributed by atoms with Crippen LogP contribution in [0, 0.1) is 0 Å². The molecule has 0 unspecified atom stereocenters. The number of aromatic nitrogens is 2. The van der Waals surface area contributed by atoms with E-state index in [0.717, 1.165) is 17.7 Å². The van der Waals surface area contributed by atoms with E-state index in [1.165, 1.54) is 0 Å². The lowest BCUT2D eigenvalue weighted by atomic mass is 9.92. The number of hydrogen-bond donors (Lipinski definition) is 1. The van der Waals surface area contributed by atoms with Gasteiger partial charge in [-0.15, -0.1) is 0 Å². The zero-order valence-corrected chi connectivity index (χ0v) is 21.5. The predicted octanol–water partition coefficient (Wildman–Crippen LogP) is 5.90. The zero-order chi connectivity index (χ0) is 24.9. The van der Waals surface area contributed by atoms with E-state index < -0.39 is 0 Å². The Bertz CT molecular complexity index is 1150. The number of hydrogen-bond acceptors (Lipinski definition) is 3. The Labute approximate surface area is 210 Å². The van der Waals surface area contributed by atoms with Crippen molar-refractivity contribution in [1.82, 2.24) is 14.7 Å². The molecule has 3 aromatic rings. The van der Waals surface area contributed by atoms with Gasteiger partial charge in [0, 0.05) is 18.0 Å². The van der Waals surface area contributed by atoms with E-state index in [1.807, 2.05) is 64.1 Å². The summed E-state index contributed by atoms with van der Waals surface area (Å²) in [5.74, 6) is 0.119. The van der Waals surface area contributed by atoms with E-state index in [1.54, 1.807) is 27.8 Å². The van der Waals surface area contributed by atoms with Crippen LogP contribution in [0.3, 0.4) is 0 Å². The average Bonchev–Trinajstić information content (AvgIpc) is 3.20. The SMILES string of the molecule is CCCN(CC(=O)Nc1cc(C(C)(C)C)nn1-c1ccc(Cl)c(Cl)c1)C(=O)Cc1ccccc1. The third kappa shape index (κ3) is 6.61. The lowest BCUT2D eigenvalue weighted by molar-refractivity contribution is -0.134. The number of anilines is 1. The van der Waals surface area contributed by atoms with Crippen LogP contribution in [0.4, 0.5) is 5.82 Å². The smallest absolute Gasteiger partial charge is 0.245 e. The monoisotopic (exact) mass is 500 g/mol. The number of carbonyl (C=O) groups excluding carboxylic acids is 2. The van der Waals surface area contributed by atoms with Crippen LogP contribution < -0.4 is 5.32 Å². The van der Waals surface area contributed by atoms with Gasteiger partial charge in [0.1, 0.15) is 5.82 Å². The van der Waals surface area contributed by atoms with Gasteiger partial charge in [-0.2, -0.15) is 5.10 Å². The van der Waals surface area contributed by atoms with Gasteiger partial charge < -0.3 is 10.2 Å². The molecule has 3 rings (SSSR count). The van der Waals surface area contributed by atoms with Crippen molar-refractivity contribution in [3.63, 3.8) is 0 Å². The summed E-state index contributed by atoms with van der Waals surface area (Å²) in [6, 6.07) is 16.5. The fourth-order valence-corrected chi connectivity index (χ4v) is 3.74. The van der Waals surface area contributed by atoms with Gasteiger partial charge in [-0.05, 0) is 30.2 Å². The van der Waals surface area contributed by atoms with Gasteiger partial charge in [0.05, 0.1) is 34.4 Å². The minimum Gasteiger partial charge on any atom is -0.333 e. The van der Waals surface area contributed by atoms with Gasteiger partial charge in [-0.1, -0.05) is 81.2 Å². The maximum Gasteiger partial charge on any atom is 0.245 e. The molecule has 0 bridgehead atoms.